The average Bonchev–Trinajstić information content (AvgIpc) is 2.50. The summed E-state index contributed by atoms with van der Waals surface area (Å²) in [7, 11) is 1.63. The van der Waals surface area contributed by atoms with Crippen molar-refractivity contribution in [1.29, 1.82) is 0 Å². The van der Waals surface area contributed by atoms with Gasteiger partial charge in [-0.2, -0.15) is 0 Å². The fourth-order valence-electron chi connectivity index (χ4n) is 2.47. The average molecular weight is 290 g/mol. The lowest BCUT2D eigenvalue weighted by Gasteiger charge is -2.17. The predicted octanol–water partition coefficient (Wildman–Crippen LogP) is 4.77. The summed E-state index contributed by atoms with van der Waals surface area (Å²) < 4.78 is 5.15. The first-order chi connectivity index (χ1) is 10.1. The number of methoxy groups -OCH3 is 1. The molecular formula is C18H26O3. The van der Waals surface area contributed by atoms with Crippen molar-refractivity contribution < 1.29 is 14.6 Å². The smallest absolute Gasteiger partial charge is 0.328 e. The van der Waals surface area contributed by atoms with Crippen LogP contribution in [-0.2, 0) is 4.79 Å². The molecule has 1 atom stereocenters. The highest BCUT2D eigenvalue weighted by atomic mass is 16.5. The van der Waals surface area contributed by atoms with Crippen LogP contribution in [0.1, 0.15) is 51.5 Å². The molecule has 0 spiro atoms. The fraction of sp³-hybridized carbons (Fsp3) is 0.500. The van der Waals surface area contributed by atoms with Gasteiger partial charge in [-0.25, -0.2) is 4.79 Å². The molecule has 1 N–H and O–H groups in total. The molecule has 0 aliphatic rings. The quantitative estimate of drug-likeness (QED) is 0.666. The van der Waals surface area contributed by atoms with E-state index in [2.05, 4.69) is 13.8 Å². The monoisotopic (exact) mass is 290 g/mol. The summed E-state index contributed by atoms with van der Waals surface area (Å²) in [6.07, 6.45) is 6.76. The van der Waals surface area contributed by atoms with Crippen LogP contribution in [0.15, 0.2) is 30.3 Å². The lowest BCUT2D eigenvalue weighted by atomic mass is 9.88. The highest BCUT2D eigenvalue weighted by molar-refractivity contribution is 5.90. The maximum Gasteiger partial charge on any atom is 0.328 e. The molecule has 116 valence electrons. The van der Waals surface area contributed by atoms with Gasteiger partial charge in [0.1, 0.15) is 5.75 Å². The van der Waals surface area contributed by atoms with Gasteiger partial charge < -0.3 is 9.84 Å². The van der Waals surface area contributed by atoms with E-state index in [0.29, 0.717) is 5.92 Å². The van der Waals surface area contributed by atoms with Crippen LogP contribution in [0.5, 0.6) is 5.75 Å². The van der Waals surface area contributed by atoms with Gasteiger partial charge in [0, 0.05) is 6.08 Å². The molecule has 3 heteroatoms. The molecule has 0 aliphatic carbocycles. The van der Waals surface area contributed by atoms with Gasteiger partial charge in [0.15, 0.2) is 0 Å². The molecule has 1 rings (SSSR count). The van der Waals surface area contributed by atoms with Gasteiger partial charge in [-0.1, -0.05) is 51.7 Å². The Hall–Kier alpha value is -1.77. The summed E-state index contributed by atoms with van der Waals surface area (Å²) >= 11 is 0. The Morgan fingerprint density at radius 3 is 2.43 bits per heavy atom. The number of aliphatic carboxylic acids is 1. The Labute approximate surface area is 127 Å². The van der Waals surface area contributed by atoms with Crippen molar-refractivity contribution in [2.45, 2.75) is 46.0 Å². The summed E-state index contributed by atoms with van der Waals surface area (Å²) in [6, 6.07) is 7.61. The van der Waals surface area contributed by atoms with Gasteiger partial charge in [0.25, 0.3) is 0 Å². The lowest BCUT2D eigenvalue weighted by Crippen LogP contribution is -2.03. The molecule has 0 amide bonds. The fourth-order valence-corrected chi connectivity index (χ4v) is 2.47. The molecule has 0 aliphatic heterocycles. The van der Waals surface area contributed by atoms with Crippen LogP contribution >= 0.6 is 0 Å². The molecule has 0 heterocycles. The minimum absolute atomic E-state index is 0.539. The first-order valence-electron chi connectivity index (χ1n) is 7.68. The van der Waals surface area contributed by atoms with Crippen molar-refractivity contribution in [1.82, 2.24) is 0 Å². The highest BCUT2D eigenvalue weighted by Crippen LogP contribution is 2.28. The molecule has 0 aromatic heterocycles. The van der Waals surface area contributed by atoms with E-state index >= 15 is 0 Å². The Kier molecular flexibility index (Phi) is 7.59. The van der Waals surface area contributed by atoms with E-state index < -0.39 is 5.97 Å². The van der Waals surface area contributed by atoms with E-state index in [9.17, 15) is 4.79 Å². The molecule has 0 fully saturated rings. The number of carboxylic acids is 1. The lowest BCUT2D eigenvalue weighted by molar-refractivity contribution is -0.131. The Morgan fingerprint density at radius 2 is 1.95 bits per heavy atom. The topological polar surface area (TPSA) is 46.5 Å². The van der Waals surface area contributed by atoms with Crippen molar-refractivity contribution in [3.8, 4) is 5.75 Å². The van der Waals surface area contributed by atoms with Crippen molar-refractivity contribution in [3.05, 3.63) is 35.9 Å². The van der Waals surface area contributed by atoms with Crippen molar-refractivity contribution in [3.63, 3.8) is 0 Å². The second-order valence-electron chi connectivity index (χ2n) is 5.36. The van der Waals surface area contributed by atoms with Gasteiger partial charge >= 0.3 is 5.97 Å². The van der Waals surface area contributed by atoms with Crippen molar-refractivity contribution >= 4 is 11.5 Å². The maximum atomic E-state index is 11.1. The van der Waals surface area contributed by atoms with E-state index in [4.69, 9.17) is 9.84 Å². The number of unbranched alkanes of at least 4 members (excludes halogenated alkanes) is 1. The SMILES string of the molecule is CCCCC(CC)C/C(=C\C(=O)O)c1ccc(OC)cc1. The summed E-state index contributed by atoms with van der Waals surface area (Å²) in [5.41, 5.74) is 1.86. The number of hydrogen-bond donors (Lipinski definition) is 1. The van der Waals surface area contributed by atoms with E-state index in [1.165, 1.54) is 18.9 Å². The van der Waals surface area contributed by atoms with Crippen LogP contribution in [0, 0.1) is 5.92 Å². The minimum Gasteiger partial charge on any atom is -0.497 e. The molecule has 1 unspecified atom stereocenters. The molecule has 21 heavy (non-hydrogen) atoms. The zero-order valence-electron chi connectivity index (χ0n) is 13.3. The molecule has 0 saturated heterocycles. The Morgan fingerprint density at radius 1 is 1.29 bits per heavy atom. The van der Waals surface area contributed by atoms with E-state index in [0.717, 1.165) is 36.1 Å². The zero-order chi connectivity index (χ0) is 15.7. The molecule has 0 radical (unpaired) electrons. The maximum absolute atomic E-state index is 11.1. The van der Waals surface area contributed by atoms with Crippen molar-refractivity contribution in [2.24, 2.45) is 5.92 Å². The van der Waals surface area contributed by atoms with Crippen LogP contribution in [0.25, 0.3) is 5.57 Å². The third-order valence-corrected chi connectivity index (χ3v) is 3.81. The van der Waals surface area contributed by atoms with Crippen LogP contribution in [-0.4, -0.2) is 18.2 Å². The first kappa shape index (κ1) is 17.3. The normalized spacial score (nSPS) is 13.0. The number of benzene rings is 1. The molecule has 1 aromatic carbocycles. The third-order valence-electron chi connectivity index (χ3n) is 3.81. The van der Waals surface area contributed by atoms with E-state index in [1.54, 1.807) is 7.11 Å². The summed E-state index contributed by atoms with van der Waals surface area (Å²) in [5, 5.41) is 9.11. The second-order valence-corrected chi connectivity index (χ2v) is 5.36. The molecular weight excluding hydrogens is 264 g/mol. The van der Waals surface area contributed by atoms with Crippen molar-refractivity contribution in [2.75, 3.05) is 7.11 Å². The van der Waals surface area contributed by atoms with Crippen LogP contribution in [0.2, 0.25) is 0 Å². The van der Waals surface area contributed by atoms with Crippen LogP contribution in [0.3, 0.4) is 0 Å². The first-order valence-corrected chi connectivity index (χ1v) is 7.68. The number of rotatable bonds is 9. The van der Waals surface area contributed by atoms with Crippen LogP contribution < -0.4 is 4.74 Å². The van der Waals surface area contributed by atoms with E-state index in [1.807, 2.05) is 24.3 Å². The molecule has 0 bridgehead atoms. The Balaban J connectivity index is 2.91. The van der Waals surface area contributed by atoms with Gasteiger partial charge in [-0.05, 0) is 35.6 Å². The van der Waals surface area contributed by atoms with Gasteiger partial charge in [-0.3, -0.25) is 0 Å². The summed E-state index contributed by atoms with van der Waals surface area (Å²) in [4.78, 5) is 11.1. The van der Waals surface area contributed by atoms with Gasteiger partial charge in [0.2, 0.25) is 0 Å². The number of ether oxygens (including phenoxy) is 1. The largest absolute Gasteiger partial charge is 0.497 e. The number of allylic oxidation sites excluding steroid dienone is 1. The zero-order valence-corrected chi connectivity index (χ0v) is 13.3. The van der Waals surface area contributed by atoms with E-state index in [-0.39, 0.29) is 0 Å². The summed E-state index contributed by atoms with van der Waals surface area (Å²) in [5.74, 6) is 0.440. The molecule has 3 nitrogen and oxygen atoms in total. The molecule has 1 aromatic rings. The highest BCUT2D eigenvalue weighted by Gasteiger charge is 2.12. The van der Waals surface area contributed by atoms with Gasteiger partial charge in [0.05, 0.1) is 7.11 Å². The Bertz CT molecular complexity index is 460. The summed E-state index contributed by atoms with van der Waals surface area (Å²) in [6.45, 7) is 4.36. The number of carbonyl (C=O) groups is 1. The standard InChI is InChI=1S/C18H26O3/c1-4-6-7-14(5-2)12-16(13-18(19)20)15-8-10-17(21-3)11-9-15/h8-11,13-14H,4-7,12H2,1-3H3,(H,19,20)/b16-13+. The van der Waals surface area contributed by atoms with Gasteiger partial charge in [-0.15, -0.1) is 0 Å². The number of hydrogen-bond acceptors (Lipinski definition) is 2. The third kappa shape index (κ3) is 6.03. The number of carboxylic acid groups (broad SMARTS) is 1. The second kappa shape index (κ2) is 9.22. The minimum atomic E-state index is -0.883. The molecule has 0 saturated carbocycles. The van der Waals surface area contributed by atoms with Crippen LogP contribution in [0.4, 0.5) is 0 Å². The predicted molar refractivity (Wildman–Crippen MR) is 86.5 cm³/mol.